The Hall–Kier alpha value is -2.14. The minimum atomic E-state index is -0.448. The van der Waals surface area contributed by atoms with Gasteiger partial charge in [0.25, 0.3) is 5.91 Å². The van der Waals surface area contributed by atoms with E-state index < -0.39 is 6.04 Å². The number of aliphatic hydroxyl groups excluding tert-OH is 1. The molecule has 5 heteroatoms. The molecule has 0 unspecified atom stereocenters. The molecule has 0 spiro atoms. The van der Waals surface area contributed by atoms with Crippen LogP contribution in [0.4, 0.5) is 0 Å². The molecule has 0 aliphatic carbocycles. The topological polar surface area (TPSA) is 75.4 Å². The Bertz CT molecular complexity index is 522. The van der Waals surface area contributed by atoms with Crippen LogP contribution in [0.2, 0.25) is 0 Å². The number of carbonyl (C=O) groups excluding carboxylic acids is 1. The summed E-state index contributed by atoms with van der Waals surface area (Å²) in [7, 11) is 0. The Balaban J connectivity index is 2.10. The van der Waals surface area contributed by atoms with Crippen LogP contribution < -0.4 is 5.32 Å². The van der Waals surface area contributed by atoms with Gasteiger partial charge in [-0.1, -0.05) is 35.5 Å². The van der Waals surface area contributed by atoms with Gasteiger partial charge in [-0.2, -0.15) is 0 Å². The molecule has 1 aromatic carbocycles. The molecule has 1 atom stereocenters. The van der Waals surface area contributed by atoms with Crippen molar-refractivity contribution >= 4 is 5.91 Å². The van der Waals surface area contributed by atoms with Gasteiger partial charge >= 0.3 is 0 Å². The Labute approximate surface area is 104 Å². The summed E-state index contributed by atoms with van der Waals surface area (Å²) in [6, 6.07) is 10.4. The maximum absolute atomic E-state index is 11.9. The molecule has 0 bridgehead atoms. The van der Waals surface area contributed by atoms with Crippen molar-refractivity contribution in [1.29, 1.82) is 0 Å². The van der Waals surface area contributed by atoms with Crippen molar-refractivity contribution in [2.24, 2.45) is 0 Å². The molecule has 1 amide bonds. The fourth-order valence-electron chi connectivity index (χ4n) is 1.63. The van der Waals surface area contributed by atoms with Crippen LogP contribution in [0.1, 0.15) is 27.9 Å². The predicted octanol–water partition coefficient (Wildman–Crippen LogP) is 1.45. The summed E-state index contributed by atoms with van der Waals surface area (Å²) in [6.07, 6.45) is 0. The molecule has 0 saturated heterocycles. The number of aromatic nitrogens is 1. The van der Waals surface area contributed by atoms with E-state index >= 15 is 0 Å². The molecule has 2 rings (SSSR count). The molecule has 5 nitrogen and oxygen atoms in total. The fraction of sp³-hybridized carbons (Fsp3) is 0.231. The smallest absolute Gasteiger partial charge is 0.274 e. The number of hydrogen-bond donors (Lipinski definition) is 2. The lowest BCUT2D eigenvalue weighted by atomic mass is 10.1. The van der Waals surface area contributed by atoms with Crippen LogP contribution in [0, 0.1) is 6.92 Å². The molecular formula is C13H14N2O3. The highest BCUT2D eigenvalue weighted by Gasteiger charge is 2.17. The van der Waals surface area contributed by atoms with E-state index in [1.165, 1.54) is 0 Å². The highest BCUT2D eigenvalue weighted by atomic mass is 16.5. The van der Waals surface area contributed by atoms with Gasteiger partial charge in [0.05, 0.1) is 12.6 Å². The van der Waals surface area contributed by atoms with Crippen LogP contribution in [-0.2, 0) is 0 Å². The van der Waals surface area contributed by atoms with E-state index in [-0.39, 0.29) is 18.2 Å². The van der Waals surface area contributed by atoms with E-state index in [2.05, 4.69) is 10.5 Å². The van der Waals surface area contributed by atoms with Crippen LogP contribution in [0.3, 0.4) is 0 Å². The van der Waals surface area contributed by atoms with E-state index in [1.807, 2.05) is 30.3 Å². The normalized spacial score (nSPS) is 12.1. The number of amides is 1. The molecular weight excluding hydrogens is 232 g/mol. The van der Waals surface area contributed by atoms with Crippen molar-refractivity contribution in [2.75, 3.05) is 6.61 Å². The zero-order valence-electron chi connectivity index (χ0n) is 9.96. The van der Waals surface area contributed by atoms with E-state index in [0.717, 1.165) is 5.56 Å². The molecule has 2 N–H and O–H groups in total. The molecule has 1 heterocycles. The lowest BCUT2D eigenvalue weighted by molar-refractivity contribution is 0.0907. The van der Waals surface area contributed by atoms with Gasteiger partial charge in [-0.05, 0) is 12.5 Å². The third-order valence-corrected chi connectivity index (χ3v) is 2.55. The third-order valence-electron chi connectivity index (χ3n) is 2.55. The van der Waals surface area contributed by atoms with Crippen molar-refractivity contribution in [1.82, 2.24) is 10.5 Å². The van der Waals surface area contributed by atoms with E-state index in [0.29, 0.717) is 5.76 Å². The molecule has 0 fully saturated rings. The number of carbonyl (C=O) groups is 1. The molecule has 1 aromatic heterocycles. The van der Waals surface area contributed by atoms with Gasteiger partial charge in [-0.25, -0.2) is 0 Å². The standard InChI is InChI=1S/C13H14N2O3/c1-9-7-11(15-18-9)13(17)14-12(8-16)10-5-3-2-4-6-10/h2-7,12,16H,8H2,1H3,(H,14,17)/t12-/m1/s1. The maximum Gasteiger partial charge on any atom is 0.274 e. The highest BCUT2D eigenvalue weighted by molar-refractivity contribution is 5.92. The number of nitrogens with one attached hydrogen (secondary N) is 1. The first kappa shape index (κ1) is 12.3. The van der Waals surface area contributed by atoms with Gasteiger partial charge in [-0.3, -0.25) is 4.79 Å². The van der Waals surface area contributed by atoms with Crippen molar-refractivity contribution in [3.05, 3.63) is 53.4 Å². The average molecular weight is 246 g/mol. The van der Waals surface area contributed by atoms with Crippen molar-refractivity contribution in [3.8, 4) is 0 Å². The summed E-state index contributed by atoms with van der Waals surface area (Å²) in [4.78, 5) is 11.9. The van der Waals surface area contributed by atoms with Gasteiger partial charge < -0.3 is 14.9 Å². The van der Waals surface area contributed by atoms with E-state index in [9.17, 15) is 9.90 Å². The van der Waals surface area contributed by atoms with Crippen LogP contribution in [0.15, 0.2) is 40.9 Å². The minimum Gasteiger partial charge on any atom is -0.394 e. The molecule has 94 valence electrons. The monoisotopic (exact) mass is 246 g/mol. The maximum atomic E-state index is 11.9. The second-order valence-corrected chi connectivity index (χ2v) is 3.94. The summed E-state index contributed by atoms with van der Waals surface area (Å²) >= 11 is 0. The first-order valence-corrected chi connectivity index (χ1v) is 5.60. The van der Waals surface area contributed by atoms with Gasteiger partial charge in [0.15, 0.2) is 5.69 Å². The Kier molecular flexibility index (Phi) is 3.74. The van der Waals surface area contributed by atoms with Crippen LogP contribution in [-0.4, -0.2) is 22.8 Å². The van der Waals surface area contributed by atoms with Crippen molar-refractivity contribution < 1.29 is 14.4 Å². The first-order valence-electron chi connectivity index (χ1n) is 5.60. The first-order chi connectivity index (χ1) is 8.70. The molecule has 0 saturated carbocycles. The average Bonchev–Trinajstić information content (AvgIpc) is 2.83. The van der Waals surface area contributed by atoms with Crippen LogP contribution >= 0.6 is 0 Å². The fourth-order valence-corrected chi connectivity index (χ4v) is 1.63. The minimum absolute atomic E-state index is 0.174. The number of hydrogen-bond acceptors (Lipinski definition) is 4. The summed E-state index contributed by atoms with van der Waals surface area (Å²) < 4.78 is 4.83. The van der Waals surface area contributed by atoms with Gasteiger partial charge in [-0.15, -0.1) is 0 Å². The van der Waals surface area contributed by atoms with Crippen LogP contribution in [0.5, 0.6) is 0 Å². The zero-order valence-corrected chi connectivity index (χ0v) is 9.96. The molecule has 0 aliphatic rings. The summed E-state index contributed by atoms with van der Waals surface area (Å²) in [5.41, 5.74) is 1.05. The quantitative estimate of drug-likeness (QED) is 0.856. The number of benzene rings is 1. The Morgan fingerprint density at radius 1 is 1.44 bits per heavy atom. The summed E-state index contributed by atoms with van der Waals surface area (Å²) in [6.45, 7) is 1.54. The second-order valence-electron chi connectivity index (χ2n) is 3.94. The molecule has 0 aliphatic heterocycles. The molecule has 2 aromatic rings. The van der Waals surface area contributed by atoms with Crippen LogP contribution in [0.25, 0.3) is 0 Å². The van der Waals surface area contributed by atoms with Crippen molar-refractivity contribution in [2.45, 2.75) is 13.0 Å². The molecule has 0 radical (unpaired) electrons. The summed E-state index contributed by atoms with van der Waals surface area (Å²) in [5.74, 6) is 0.204. The van der Waals surface area contributed by atoms with Gasteiger partial charge in [0, 0.05) is 6.07 Å². The number of aryl methyl sites for hydroxylation is 1. The third kappa shape index (κ3) is 2.75. The second kappa shape index (κ2) is 5.46. The van der Waals surface area contributed by atoms with E-state index in [4.69, 9.17) is 4.52 Å². The van der Waals surface area contributed by atoms with Crippen molar-refractivity contribution in [3.63, 3.8) is 0 Å². The predicted molar refractivity (Wildman–Crippen MR) is 65.0 cm³/mol. The Morgan fingerprint density at radius 3 is 2.72 bits per heavy atom. The Morgan fingerprint density at radius 2 is 2.17 bits per heavy atom. The number of nitrogens with zero attached hydrogens (tertiary/aromatic N) is 1. The zero-order chi connectivity index (χ0) is 13.0. The number of aliphatic hydroxyl groups is 1. The lowest BCUT2D eigenvalue weighted by Crippen LogP contribution is -2.30. The largest absolute Gasteiger partial charge is 0.394 e. The van der Waals surface area contributed by atoms with E-state index in [1.54, 1.807) is 13.0 Å². The highest BCUT2D eigenvalue weighted by Crippen LogP contribution is 2.12. The molecule has 18 heavy (non-hydrogen) atoms. The van der Waals surface area contributed by atoms with Gasteiger partial charge in [0.1, 0.15) is 5.76 Å². The summed E-state index contributed by atoms with van der Waals surface area (Å²) in [5, 5.41) is 15.7. The number of rotatable bonds is 4. The SMILES string of the molecule is Cc1cc(C(=O)N[C@H](CO)c2ccccc2)no1. The van der Waals surface area contributed by atoms with Gasteiger partial charge in [0.2, 0.25) is 0 Å². The lowest BCUT2D eigenvalue weighted by Gasteiger charge is -2.15.